The molecule has 1 heterocycles. The van der Waals surface area contributed by atoms with Gasteiger partial charge in [-0.3, -0.25) is 4.79 Å². The molecule has 1 aromatic rings. The number of benzene rings is 1. The van der Waals surface area contributed by atoms with Crippen LogP contribution in [0.25, 0.3) is 0 Å². The first kappa shape index (κ1) is 17.8. The lowest BCUT2D eigenvalue weighted by molar-refractivity contribution is 0.100. The number of carbonyl (C=O) groups excluding carboxylic acids is 1. The van der Waals surface area contributed by atoms with Crippen LogP contribution in [0, 0.1) is 0 Å². The Balaban J connectivity index is 2.34. The quantitative estimate of drug-likeness (QED) is 0.775. The lowest BCUT2D eigenvalue weighted by Gasteiger charge is -2.26. The average molecular weight is 317 g/mol. The smallest absolute Gasteiger partial charge is 0.250 e. The molecule has 0 saturated carbocycles. The summed E-state index contributed by atoms with van der Waals surface area (Å²) < 4.78 is 0. The predicted molar refractivity (Wildman–Crippen MR) is 97.2 cm³/mol. The Labute approximate surface area is 140 Å². The highest BCUT2D eigenvalue weighted by Gasteiger charge is 2.30. The van der Waals surface area contributed by atoms with Crippen LogP contribution in [-0.4, -0.2) is 31.1 Å². The van der Waals surface area contributed by atoms with Crippen molar-refractivity contribution in [2.45, 2.75) is 65.5 Å². The highest BCUT2D eigenvalue weighted by Crippen LogP contribution is 2.36. The number of nitrogens with two attached hydrogens (primary N) is 1. The number of nitrogens with one attached hydrogen (secondary N) is 1. The van der Waals surface area contributed by atoms with Crippen molar-refractivity contribution >= 4 is 11.6 Å². The van der Waals surface area contributed by atoms with Crippen molar-refractivity contribution in [3.05, 3.63) is 28.8 Å². The predicted octanol–water partition coefficient (Wildman–Crippen LogP) is 2.88. The fourth-order valence-corrected chi connectivity index (χ4v) is 3.64. The van der Waals surface area contributed by atoms with Gasteiger partial charge >= 0.3 is 0 Å². The molecule has 1 amide bonds. The Bertz CT molecular complexity index is 556. The SMILES string of the molecule is CCCCN1c2c(cc(CC(C)NCC)cc2C(N)=O)CC1C. The largest absolute Gasteiger partial charge is 0.368 e. The molecule has 2 atom stereocenters. The molecule has 1 aromatic carbocycles. The molecule has 2 rings (SSSR count). The summed E-state index contributed by atoms with van der Waals surface area (Å²) in [6.07, 6.45) is 4.22. The van der Waals surface area contributed by atoms with Crippen LogP contribution in [0.3, 0.4) is 0 Å². The molecule has 0 aliphatic carbocycles. The third-order valence-electron chi connectivity index (χ3n) is 4.70. The highest BCUT2D eigenvalue weighted by atomic mass is 16.1. The molecule has 0 saturated heterocycles. The van der Waals surface area contributed by atoms with Crippen LogP contribution in [0.15, 0.2) is 12.1 Å². The Morgan fingerprint density at radius 2 is 2.17 bits per heavy atom. The molecular formula is C19H31N3O. The van der Waals surface area contributed by atoms with Crippen molar-refractivity contribution in [2.24, 2.45) is 5.73 Å². The molecule has 0 bridgehead atoms. The van der Waals surface area contributed by atoms with Gasteiger partial charge in [0.1, 0.15) is 0 Å². The van der Waals surface area contributed by atoms with Gasteiger partial charge in [-0.1, -0.05) is 26.3 Å². The van der Waals surface area contributed by atoms with Gasteiger partial charge in [0.05, 0.1) is 11.3 Å². The minimum atomic E-state index is -0.310. The molecular weight excluding hydrogens is 286 g/mol. The van der Waals surface area contributed by atoms with Crippen molar-refractivity contribution in [3.63, 3.8) is 0 Å². The summed E-state index contributed by atoms with van der Waals surface area (Å²) in [5.41, 5.74) is 9.96. The molecule has 0 spiro atoms. The highest BCUT2D eigenvalue weighted by molar-refractivity contribution is 6.00. The van der Waals surface area contributed by atoms with Crippen LogP contribution < -0.4 is 16.0 Å². The minimum Gasteiger partial charge on any atom is -0.368 e. The van der Waals surface area contributed by atoms with E-state index in [1.54, 1.807) is 0 Å². The second kappa shape index (κ2) is 7.82. The van der Waals surface area contributed by atoms with E-state index in [4.69, 9.17) is 5.73 Å². The van der Waals surface area contributed by atoms with E-state index in [9.17, 15) is 4.79 Å². The number of likely N-dealkylation sites (N-methyl/N-ethyl adjacent to an activating group) is 1. The number of nitrogens with zero attached hydrogens (tertiary/aromatic N) is 1. The zero-order chi connectivity index (χ0) is 17.0. The van der Waals surface area contributed by atoms with E-state index in [1.807, 2.05) is 6.07 Å². The number of carbonyl (C=O) groups is 1. The second-order valence-electron chi connectivity index (χ2n) is 6.78. The summed E-state index contributed by atoms with van der Waals surface area (Å²) in [7, 11) is 0. The summed E-state index contributed by atoms with van der Waals surface area (Å²) in [5, 5.41) is 3.43. The van der Waals surface area contributed by atoms with Gasteiger partial charge in [0.2, 0.25) is 0 Å². The van der Waals surface area contributed by atoms with Gasteiger partial charge in [0.25, 0.3) is 5.91 Å². The van der Waals surface area contributed by atoms with E-state index >= 15 is 0 Å². The topological polar surface area (TPSA) is 58.4 Å². The Hall–Kier alpha value is -1.55. The van der Waals surface area contributed by atoms with Crippen molar-refractivity contribution in [2.75, 3.05) is 18.0 Å². The van der Waals surface area contributed by atoms with Gasteiger partial charge in [-0.2, -0.15) is 0 Å². The van der Waals surface area contributed by atoms with E-state index in [2.05, 4.69) is 44.0 Å². The van der Waals surface area contributed by atoms with Crippen molar-refractivity contribution in [1.82, 2.24) is 5.32 Å². The van der Waals surface area contributed by atoms with Gasteiger partial charge in [0.15, 0.2) is 0 Å². The first-order valence-electron chi connectivity index (χ1n) is 8.93. The second-order valence-corrected chi connectivity index (χ2v) is 6.78. The third-order valence-corrected chi connectivity index (χ3v) is 4.70. The van der Waals surface area contributed by atoms with E-state index in [1.165, 1.54) is 11.1 Å². The van der Waals surface area contributed by atoms with Crippen LogP contribution >= 0.6 is 0 Å². The fourth-order valence-electron chi connectivity index (χ4n) is 3.64. The molecule has 4 heteroatoms. The van der Waals surface area contributed by atoms with E-state index < -0.39 is 0 Å². The van der Waals surface area contributed by atoms with Crippen LogP contribution in [-0.2, 0) is 12.8 Å². The fraction of sp³-hybridized carbons (Fsp3) is 0.632. The summed E-state index contributed by atoms with van der Waals surface area (Å²) in [6, 6.07) is 5.12. The lowest BCUT2D eigenvalue weighted by Crippen LogP contribution is -2.32. The molecule has 128 valence electrons. The van der Waals surface area contributed by atoms with Gasteiger partial charge in [-0.15, -0.1) is 0 Å². The van der Waals surface area contributed by atoms with Gasteiger partial charge in [-0.25, -0.2) is 0 Å². The maximum atomic E-state index is 12.0. The molecule has 3 N–H and O–H groups in total. The maximum Gasteiger partial charge on any atom is 0.250 e. The first-order valence-corrected chi connectivity index (χ1v) is 8.93. The summed E-state index contributed by atoms with van der Waals surface area (Å²) in [5.74, 6) is -0.310. The monoisotopic (exact) mass is 317 g/mol. The Morgan fingerprint density at radius 3 is 2.78 bits per heavy atom. The molecule has 1 aliphatic heterocycles. The van der Waals surface area contributed by atoms with Crippen LogP contribution in [0.4, 0.5) is 5.69 Å². The van der Waals surface area contributed by atoms with E-state index in [0.717, 1.165) is 44.5 Å². The Kier molecular flexibility index (Phi) is 6.05. The van der Waals surface area contributed by atoms with Crippen molar-refractivity contribution < 1.29 is 4.79 Å². The number of amides is 1. The minimum absolute atomic E-state index is 0.310. The zero-order valence-corrected chi connectivity index (χ0v) is 15.0. The van der Waals surface area contributed by atoms with Crippen LogP contribution in [0.1, 0.15) is 62.0 Å². The summed E-state index contributed by atoms with van der Waals surface area (Å²) >= 11 is 0. The third kappa shape index (κ3) is 4.05. The maximum absolute atomic E-state index is 12.0. The molecule has 0 fully saturated rings. The summed E-state index contributed by atoms with van der Waals surface area (Å²) in [4.78, 5) is 14.4. The standard InChI is InChI=1S/C19H31N3O/c1-5-7-8-22-14(4)10-16-11-15(9-13(3)21-6-2)12-17(18(16)22)19(20)23/h11-14,21H,5-10H2,1-4H3,(H2,20,23). The molecule has 1 aliphatic rings. The number of fused-ring (bicyclic) bond motifs is 1. The van der Waals surface area contributed by atoms with Crippen molar-refractivity contribution in [1.29, 1.82) is 0 Å². The molecule has 0 aromatic heterocycles. The average Bonchev–Trinajstić information content (AvgIpc) is 2.79. The summed E-state index contributed by atoms with van der Waals surface area (Å²) in [6.45, 7) is 10.7. The number of hydrogen-bond acceptors (Lipinski definition) is 3. The van der Waals surface area contributed by atoms with E-state index in [0.29, 0.717) is 17.6 Å². The van der Waals surface area contributed by atoms with Gasteiger partial charge < -0.3 is 16.0 Å². The first-order chi connectivity index (χ1) is 11.0. The molecule has 23 heavy (non-hydrogen) atoms. The number of anilines is 1. The number of hydrogen-bond donors (Lipinski definition) is 2. The molecule has 0 radical (unpaired) electrons. The van der Waals surface area contributed by atoms with Crippen LogP contribution in [0.5, 0.6) is 0 Å². The number of unbranched alkanes of at least 4 members (excludes halogenated alkanes) is 1. The molecule has 4 nitrogen and oxygen atoms in total. The van der Waals surface area contributed by atoms with Crippen LogP contribution in [0.2, 0.25) is 0 Å². The van der Waals surface area contributed by atoms with E-state index in [-0.39, 0.29) is 5.91 Å². The van der Waals surface area contributed by atoms with Gasteiger partial charge in [-0.05, 0) is 56.8 Å². The lowest BCUT2D eigenvalue weighted by atomic mass is 9.97. The van der Waals surface area contributed by atoms with Gasteiger partial charge in [0, 0.05) is 18.6 Å². The number of rotatable bonds is 8. The Morgan fingerprint density at radius 1 is 1.43 bits per heavy atom. The number of primary amides is 1. The normalized spacial score (nSPS) is 18.1. The zero-order valence-electron chi connectivity index (χ0n) is 15.0. The molecule has 2 unspecified atom stereocenters. The van der Waals surface area contributed by atoms with Crippen molar-refractivity contribution in [3.8, 4) is 0 Å².